The molecule has 0 bridgehead atoms. The van der Waals surface area contributed by atoms with Crippen LogP contribution in [0.2, 0.25) is 0 Å². The Labute approximate surface area is 216 Å². The normalized spacial score (nSPS) is 11.6. The van der Waals surface area contributed by atoms with Crippen LogP contribution in [0.3, 0.4) is 0 Å². The van der Waals surface area contributed by atoms with Gasteiger partial charge in [-0.1, -0.05) is 79.8 Å². The van der Waals surface area contributed by atoms with Crippen LogP contribution in [0, 0.1) is 0 Å². The zero-order chi connectivity index (χ0) is 23.5. The number of hydrogen-bond donors (Lipinski definition) is 0. The van der Waals surface area contributed by atoms with E-state index in [-0.39, 0.29) is 11.5 Å². The summed E-state index contributed by atoms with van der Waals surface area (Å²) in [7, 11) is 0. The molecule has 4 aromatic rings. The van der Waals surface area contributed by atoms with Crippen LogP contribution < -0.4 is 10.3 Å². The van der Waals surface area contributed by atoms with Crippen LogP contribution in [0.15, 0.2) is 84.0 Å². The molecule has 5 nitrogen and oxygen atoms in total. The topological polar surface area (TPSA) is 56.5 Å². The number of fused-ring (bicyclic) bond motifs is 1. The summed E-state index contributed by atoms with van der Waals surface area (Å²) in [6.07, 6.45) is 1.64. The number of halogens is 3. The first-order chi connectivity index (χ1) is 15.8. The van der Waals surface area contributed by atoms with Gasteiger partial charge in [0.05, 0.1) is 17.1 Å². The SMILES string of the molecule is CC(C)c1nc2ccc(Br)cc2c(=O)n1N=Cc1ccccc1OCc1ccc(Br)cc1Br. The van der Waals surface area contributed by atoms with Gasteiger partial charge >= 0.3 is 0 Å². The van der Waals surface area contributed by atoms with Crippen LogP contribution >= 0.6 is 47.8 Å². The first kappa shape index (κ1) is 23.9. The summed E-state index contributed by atoms with van der Waals surface area (Å²) in [5, 5.41) is 5.04. The van der Waals surface area contributed by atoms with Gasteiger partial charge in [0.1, 0.15) is 18.2 Å². The minimum Gasteiger partial charge on any atom is -0.488 e. The second kappa shape index (κ2) is 10.3. The highest BCUT2D eigenvalue weighted by molar-refractivity contribution is 9.11. The molecule has 168 valence electrons. The first-order valence-corrected chi connectivity index (χ1v) is 12.6. The molecule has 0 spiro atoms. The monoisotopic (exact) mass is 631 g/mol. The Kier molecular flexibility index (Phi) is 7.46. The largest absolute Gasteiger partial charge is 0.488 e. The Bertz CT molecular complexity index is 1410. The van der Waals surface area contributed by atoms with E-state index in [9.17, 15) is 4.79 Å². The maximum atomic E-state index is 13.2. The molecule has 3 aromatic carbocycles. The van der Waals surface area contributed by atoms with Gasteiger partial charge in [-0.15, -0.1) is 0 Å². The van der Waals surface area contributed by atoms with Crippen LogP contribution in [0.25, 0.3) is 10.9 Å². The molecule has 0 aliphatic rings. The molecule has 1 heterocycles. The van der Waals surface area contributed by atoms with Crippen LogP contribution in [0.4, 0.5) is 0 Å². The number of nitrogens with zero attached hydrogens (tertiary/aromatic N) is 3. The summed E-state index contributed by atoms with van der Waals surface area (Å²) < 4.78 is 10.2. The summed E-state index contributed by atoms with van der Waals surface area (Å²) in [6, 6.07) is 19.0. The number of rotatable bonds is 6. The lowest BCUT2D eigenvalue weighted by atomic mass is 10.2. The van der Waals surface area contributed by atoms with E-state index in [2.05, 4.69) is 52.9 Å². The maximum absolute atomic E-state index is 13.2. The molecule has 0 aliphatic heterocycles. The molecule has 4 rings (SSSR count). The van der Waals surface area contributed by atoms with Gasteiger partial charge in [0.2, 0.25) is 0 Å². The fourth-order valence-electron chi connectivity index (χ4n) is 3.28. The van der Waals surface area contributed by atoms with Crippen molar-refractivity contribution in [2.75, 3.05) is 0 Å². The Morgan fingerprint density at radius 3 is 2.52 bits per heavy atom. The lowest BCUT2D eigenvalue weighted by molar-refractivity contribution is 0.305. The van der Waals surface area contributed by atoms with E-state index in [1.165, 1.54) is 4.68 Å². The highest BCUT2D eigenvalue weighted by Gasteiger charge is 2.14. The molecule has 0 unspecified atom stereocenters. The van der Waals surface area contributed by atoms with Gasteiger partial charge in [-0.25, -0.2) is 4.98 Å². The van der Waals surface area contributed by atoms with Gasteiger partial charge in [0, 0.05) is 30.5 Å². The van der Waals surface area contributed by atoms with Crippen LogP contribution in [-0.4, -0.2) is 15.9 Å². The molecule has 0 saturated heterocycles. The van der Waals surface area contributed by atoms with Crippen molar-refractivity contribution in [2.45, 2.75) is 26.4 Å². The summed E-state index contributed by atoms with van der Waals surface area (Å²) in [5.74, 6) is 1.29. The van der Waals surface area contributed by atoms with Crippen molar-refractivity contribution in [3.63, 3.8) is 0 Å². The number of benzene rings is 3. The molecular formula is C25H20Br3N3O2. The van der Waals surface area contributed by atoms with Gasteiger partial charge < -0.3 is 4.74 Å². The van der Waals surface area contributed by atoms with E-state index < -0.39 is 0 Å². The van der Waals surface area contributed by atoms with Gasteiger partial charge in [-0.05, 0) is 42.5 Å². The summed E-state index contributed by atoms with van der Waals surface area (Å²) >= 11 is 10.5. The molecule has 0 saturated carbocycles. The third kappa shape index (κ3) is 5.45. The van der Waals surface area contributed by atoms with E-state index in [4.69, 9.17) is 9.72 Å². The number of ether oxygens (including phenoxy) is 1. The second-order valence-electron chi connectivity index (χ2n) is 7.71. The molecule has 8 heteroatoms. The minimum absolute atomic E-state index is 0.0177. The van der Waals surface area contributed by atoms with Crippen molar-refractivity contribution in [1.29, 1.82) is 0 Å². The molecule has 1 aromatic heterocycles. The summed E-state index contributed by atoms with van der Waals surface area (Å²) in [6.45, 7) is 4.37. The van der Waals surface area contributed by atoms with Gasteiger partial charge in [0.15, 0.2) is 0 Å². The first-order valence-electron chi connectivity index (χ1n) is 10.3. The predicted octanol–water partition coefficient (Wildman–Crippen LogP) is 7.27. The molecule has 0 amide bonds. The quantitative estimate of drug-likeness (QED) is 0.210. The molecule has 33 heavy (non-hydrogen) atoms. The zero-order valence-corrected chi connectivity index (χ0v) is 22.7. The van der Waals surface area contributed by atoms with Crippen molar-refractivity contribution in [3.05, 3.63) is 101 Å². The van der Waals surface area contributed by atoms with Crippen LogP contribution in [-0.2, 0) is 6.61 Å². The predicted molar refractivity (Wildman–Crippen MR) is 143 cm³/mol. The van der Waals surface area contributed by atoms with Gasteiger partial charge in [-0.3, -0.25) is 4.79 Å². The van der Waals surface area contributed by atoms with Crippen LogP contribution in [0.1, 0.15) is 36.7 Å². The Morgan fingerprint density at radius 2 is 1.76 bits per heavy atom. The number of hydrogen-bond acceptors (Lipinski definition) is 4. The van der Waals surface area contributed by atoms with Gasteiger partial charge in [0.25, 0.3) is 5.56 Å². The highest BCUT2D eigenvalue weighted by Crippen LogP contribution is 2.25. The van der Waals surface area contributed by atoms with E-state index >= 15 is 0 Å². The van der Waals surface area contributed by atoms with E-state index in [0.29, 0.717) is 29.1 Å². The van der Waals surface area contributed by atoms with Crippen molar-refractivity contribution in [1.82, 2.24) is 9.66 Å². The second-order valence-corrected chi connectivity index (χ2v) is 10.4. The Balaban J connectivity index is 1.69. The fourth-order valence-corrected chi connectivity index (χ4v) is 4.81. The third-order valence-electron chi connectivity index (χ3n) is 4.98. The number of para-hydroxylation sites is 1. The standard InChI is InChI=1S/C25H20Br3N3O2/c1-15(2)24-30-22-10-9-18(26)11-20(22)25(32)31(24)29-13-16-5-3-4-6-23(16)33-14-17-7-8-19(27)12-21(17)28/h3-13,15H,14H2,1-2H3. The van der Waals surface area contributed by atoms with Crippen molar-refractivity contribution >= 4 is 64.9 Å². The van der Waals surface area contributed by atoms with E-state index in [1.807, 2.05) is 68.4 Å². The zero-order valence-electron chi connectivity index (χ0n) is 17.9. The fraction of sp³-hybridized carbons (Fsp3) is 0.160. The summed E-state index contributed by atoms with van der Waals surface area (Å²) in [5.41, 5.74) is 2.23. The van der Waals surface area contributed by atoms with E-state index in [1.54, 1.807) is 12.3 Å². The van der Waals surface area contributed by atoms with Crippen LogP contribution in [0.5, 0.6) is 5.75 Å². The smallest absolute Gasteiger partial charge is 0.282 e. The molecule has 0 aliphatic carbocycles. The van der Waals surface area contributed by atoms with E-state index in [0.717, 1.165) is 24.5 Å². The molecule has 0 radical (unpaired) electrons. The highest BCUT2D eigenvalue weighted by atomic mass is 79.9. The summed E-state index contributed by atoms with van der Waals surface area (Å²) in [4.78, 5) is 17.9. The third-order valence-corrected chi connectivity index (χ3v) is 6.70. The lowest BCUT2D eigenvalue weighted by Gasteiger charge is -2.13. The minimum atomic E-state index is -0.210. The van der Waals surface area contributed by atoms with Crippen molar-refractivity contribution in [2.24, 2.45) is 5.10 Å². The Morgan fingerprint density at radius 1 is 1.03 bits per heavy atom. The Hall–Kier alpha value is -2.29. The van der Waals surface area contributed by atoms with Gasteiger partial charge in [-0.2, -0.15) is 9.78 Å². The van der Waals surface area contributed by atoms with Crippen molar-refractivity contribution in [3.8, 4) is 5.75 Å². The molecule has 0 N–H and O–H groups in total. The molecule has 0 atom stereocenters. The molecular weight excluding hydrogens is 614 g/mol. The lowest BCUT2D eigenvalue weighted by Crippen LogP contribution is -2.23. The van der Waals surface area contributed by atoms with Crippen molar-refractivity contribution < 1.29 is 4.74 Å². The number of aromatic nitrogens is 2. The average Bonchev–Trinajstić information content (AvgIpc) is 2.78. The maximum Gasteiger partial charge on any atom is 0.282 e. The average molecular weight is 634 g/mol. The molecule has 0 fully saturated rings.